The Morgan fingerprint density at radius 2 is 1.77 bits per heavy atom. The summed E-state index contributed by atoms with van der Waals surface area (Å²) in [5.74, 6) is 0.450. The first kappa shape index (κ1) is 11.0. The zero-order valence-corrected chi connectivity index (χ0v) is 9.37. The second-order valence-electron chi connectivity index (χ2n) is 5.41. The van der Waals surface area contributed by atoms with E-state index in [0.717, 1.165) is 6.42 Å². The number of aliphatic hydroxyl groups is 1. The second kappa shape index (κ2) is 3.58. The minimum absolute atomic E-state index is 0.0135. The van der Waals surface area contributed by atoms with Gasteiger partial charge in [-0.1, -0.05) is 27.7 Å². The topological polar surface area (TPSA) is 29.5 Å². The SMILES string of the molecule is CC1O[C@@H](C(C)(C)C)[C@@H](C)C[C@H]1O. The van der Waals surface area contributed by atoms with Gasteiger partial charge in [0.15, 0.2) is 0 Å². The molecule has 0 bridgehead atoms. The highest BCUT2D eigenvalue weighted by Crippen LogP contribution is 2.35. The lowest BCUT2D eigenvalue weighted by atomic mass is 9.77. The summed E-state index contributed by atoms with van der Waals surface area (Å²) in [5.41, 5.74) is 0.174. The average Bonchev–Trinajstić information content (AvgIpc) is 1.94. The Bertz CT molecular complexity index is 171. The zero-order valence-electron chi connectivity index (χ0n) is 9.37. The van der Waals surface area contributed by atoms with E-state index >= 15 is 0 Å². The molecular weight excluding hydrogens is 164 g/mol. The lowest BCUT2D eigenvalue weighted by Crippen LogP contribution is -2.47. The number of hydrogen-bond donors (Lipinski definition) is 1. The Morgan fingerprint density at radius 3 is 2.23 bits per heavy atom. The van der Waals surface area contributed by atoms with Gasteiger partial charge < -0.3 is 9.84 Å². The van der Waals surface area contributed by atoms with Crippen molar-refractivity contribution in [3.05, 3.63) is 0 Å². The maximum absolute atomic E-state index is 9.61. The van der Waals surface area contributed by atoms with Gasteiger partial charge in [0.1, 0.15) is 0 Å². The molecule has 13 heavy (non-hydrogen) atoms. The molecule has 1 heterocycles. The standard InChI is InChI=1S/C11H22O2/c1-7-6-9(12)8(2)13-10(7)11(3,4)5/h7-10,12H,6H2,1-5H3/t7-,8?,9+,10+/m0/s1. The number of ether oxygens (including phenoxy) is 1. The molecule has 0 spiro atoms. The second-order valence-corrected chi connectivity index (χ2v) is 5.41. The van der Waals surface area contributed by atoms with Gasteiger partial charge in [0.2, 0.25) is 0 Å². The van der Waals surface area contributed by atoms with E-state index in [1.165, 1.54) is 0 Å². The van der Waals surface area contributed by atoms with Crippen molar-refractivity contribution in [1.82, 2.24) is 0 Å². The lowest BCUT2D eigenvalue weighted by molar-refractivity contribution is -0.166. The smallest absolute Gasteiger partial charge is 0.0810 e. The molecule has 0 radical (unpaired) electrons. The van der Waals surface area contributed by atoms with Crippen LogP contribution in [0.1, 0.15) is 41.0 Å². The molecule has 1 aliphatic heterocycles. The van der Waals surface area contributed by atoms with Crippen LogP contribution in [0, 0.1) is 11.3 Å². The van der Waals surface area contributed by atoms with Crippen molar-refractivity contribution in [2.45, 2.75) is 59.4 Å². The molecule has 1 saturated heterocycles. The number of rotatable bonds is 0. The summed E-state index contributed by atoms with van der Waals surface area (Å²) in [4.78, 5) is 0. The van der Waals surface area contributed by atoms with Crippen molar-refractivity contribution in [2.75, 3.05) is 0 Å². The Hall–Kier alpha value is -0.0800. The van der Waals surface area contributed by atoms with E-state index in [-0.39, 0.29) is 23.7 Å². The number of aliphatic hydroxyl groups excluding tert-OH is 1. The van der Waals surface area contributed by atoms with Gasteiger partial charge in [-0.3, -0.25) is 0 Å². The first-order chi connectivity index (χ1) is 5.82. The Morgan fingerprint density at radius 1 is 1.23 bits per heavy atom. The van der Waals surface area contributed by atoms with E-state index in [1.54, 1.807) is 0 Å². The van der Waals surface area contributed by atoms with Crippen LogP contribution in [0.2, 0.25) is 0 Å². The first-order valence-electron chi connectivity index (χ1n) is 5.16. The maximum Gasteiger partial charge on any atom is 0.0810 e. The Balaban J connectivity index is 2.67. The van der Waals surface area contributed by atoms with Crippen LogP contribution in [0.3, 0.4) is 0 Å². The van der Waals surface area contributed by atoms with E-state index in [2.05, 4.69) is 27.7 Å². The van der Waals surface area contributed by atoms with Crippen molar-refractivity contribution < 1.29 is 9.84 Å². The molecule has 2 nitrogen and oxygen atoms in total. The number of hydrogen-bond acceptors (Lipinski definition) is 2. The first-order valence-corrected chi connectivity index (χ1v) is 5.16. The van der Waals surface area contributed by atoms with Crippen molar-refractivity contribution >= 4 is 0 Å². The fraction of sp³-hybridized carbons (Fsp3) is 1.00. The molecule has 0 aromatic heterocycles. The van der Waals surface area contributed by atoms with Gasteiger partial charge in [-0.15, -0.1) is 0 Å². The summed E-state index contributed by atoms with van der Waals surface area (Å²) >= 11 is 0. The molecule has 0 saturated carbocycles. The molecule has 1 N–H and O–H groups in total. The molecule has 78 valence electrons. The van der Waals surface area contributed by atoms with Gasteiger partial charge in [0.05, 0.1) is 18.3 Å². The van der Waals surface area contributed by atoms with Gasteiger partial charge in [-0.05, 0) is 24.7 Å². The van der Waals surface area contributed by atoms with Gasteiger partial charge >= 0.3 is 0 Å². The van der Waals surface area contributed by atoms with Gasteiger partial charge in [-0.2, -0.15) is 0 Å². The summed E-state index contributed by atoms with van der Waals surface area (Å²) < 4.78 is 5.83. The van der Waals surface area contributed by atoms with Gasteiger partial charge in [0, 0.05) is 0 Å². The van der Waals surface area contributed by atoms with E-state index in [9.17, 15) is 5.11 Å². The predicted octanol–water partition coefficient (Wildman–Crippen LogP) is 2.21. The highest BCUT2D eigenvalue weighted by atomic mass is 16.5. The molecule has 0 aliphatic carbocycles. The summed E-state index contributed by atoms with van der Waals surface area (Å²) in [6.45, 7) is 10.7. The summed E-state index contributed by atoms with van der Waals surface area (Å²) in [5, 5.41) is 9.61. The fourth-order valence-corrected chi connectivity index (χ4v) is 2.21. The van der Waals surface area contributed by atoms with Crippen molar-refractivity contribution in [3.63, 3.8) is 0 Å². The van der Waals surface area contributed by atoms with E-state index in [4.69, 9.17) is 4.74 Å². The molecular formula is C11H22O2. The van der Waals surface area contributed by atoms with E-state index < -0.39 is 0 Å². The minimum Gasteiger partial charge on any atom is -0.390 e. The molecule has 1 rings (SSSR count). The average molecular weight is 186 g/mol. The lowest BCUT2D eigenvalue weighted by Gasteiger charge is -2.43. The van der Waals surface area contributed by atoms with Crippen LogP contribution in [0.5, 0.6) is 0 Å². The molecule has 0 aromatic rings. The monoisotopic (exact) mass is 186 g/mol. The Kier molecular flexibility index (Phi) is 3.03. The molecule has 4 atom stereocenters. The predicted molar refractivity (Wildman–Crippen MR) is 53.6 cm³/mol. The van der Waals surface area contributed by atoms with Gasteiger partial charge in [0.25, 0.3) is 0 Å². The quantitative estimate of drug-likeness (QED) is 0.628. The molecule has 0 amide bonds. The summed E-state index contributed by atoms with van der Waals surface area (Å²) in [7, 11) is 0. The third-order valence-electron chi connectivity index (χ3n) is 2.89. The van der Waals surface area contributed by atoms with Crippen molar-refractivity contribution in [3.8, 4) is 0 Å². The molecule has 2 heteroatoms. The van der Waals surface area contributed by atoms with Gasteiger partial charge in [-0.25, -0.2) is 0 Å². The van der Waals surface area contributed by atoms with Crippen molar-refractivity contribution in [2.24, 2.45) is 11.3 Å². The molecule has 1 aliphatic rings. The van der Waals surface area contributed by atoms with Crippen LogP contribution in [0.4, 0.5) is 0 Å². The third-order valence-corrected chi connectivity index (χ3v) is 2.89. The van der Waals surface area contributed by atoms with Crippen molar-refractivity contribution in [1.29, 1.82) is 0 Å². The molecule has 0 aromatic carbocycles. The summed E-state index contributed by atoms with van der Waals surface area (Å²) in [6, 6.07) is 0. The van der Waals surface area contributed by atoms with Crippen LogP contribution in [0.25, 0.3) is 0 Å². The van der Waals surface area contributed by atoms with Crippen LogP contribution in [-0.4, -0.2) is 23.4 Å². The normalized spacial score (nSPS) is 42.0. The largest absolute Gasteiger partial charge is 0.390 e. The fourth-order valence-electron chi connectivity index (χ4n) is 2.21. The Labute approximate surface area is 81.3 Å². The zero-order chi connectivity index (χ0) is 10.2. The highest BCUT2D eigenvalue weighted by Gasteiger charge is 2.38. The summed E-state index contributed by atoms with van der Waals surface area (Å²) in [6.07, 6.45) is 0.836. The third kappa shape index (κ3) is 2.44. The van der Waals surface area contributed by atoms with Crippen LogP contribution in [-0.2, 0) is 4.74 Å². The minimum atomic E-state index is -0.284. The molecule has 1 fully saturated rings. The van der Waals surface area contributed by atoms with Crippen LogP contribution >= 0.6 is 0 Å². The highest BCUT2D eigenvalue weighted by molar-refractivity contribution is 4.87. The van der Waals surface area contributed by atoms with E-state index in [0.29, 0.717) is 5.92 Å². The van der Waals surface area contributed by atoms with Crippen LogP contribution in [0.15, 0.2) is 0 Å². The molecule has 1 unspecified atom stereocenters. The maximum atomic E-state index is 9.61. The van der Waals surface area contributed by atoms with E-state index in [1.807, 2.05) is 6.92 Å². The van der Waals surface area contributed by atoms with Crippen LogP contribution < -0.4 is 0 Å².